The van der Waals surface area contributed by atoms with Crippen molar-refractivity contribution in [3.8, 4) is 17.2 Å². The summed E-state index contributed by atoms with van der Waals surface area (Å²) in [5.74, 6) is 0. The Morgan fingerprint density at radius 3 is 2.03 bits per heavy atom. The average Bonchev–Trinajstić information content (AvgIpc) is 2.94. The quantitative estimate of drug-likeness (QED) is 0.280. The monoisotopic (exact) mass is 391 g/mol. The maximum absolute atomic E-state index is 11.8. The molecule has 0 saturated carbocycles. The summed E-state index contributed by atoms with van der Waals surface area (Å²) >= 11 is 0. The van der Waals surface area contributed by atoms with Crippen LogP contribution in [0.25, 0.3) is 21.5 Å². The largest absolute Gasteiger partial charge is 0.287 e. The molecule has 142 valence electrons. The first-order chi connectivity index (χ1) is 13.6. The van der Waals surface area contributed by atoms with E-state index < -0.39 is 31.8 Å². The van der Waals surface area contributed by atoms with Crippen LogP contribution in [0, 0.1) is 62.1 Å². The van der Waals surface area contributed by atoms with Crippen LogP contribution in [0.3, 0.4) is 0 Å². The van der Waals surface area contributed by atoms with Gasteiger partial charge in [0, 0.05) is 23.3 Å². The summed E-state index contributed by atoms with van der Waals surface area (Å²) in [4.78, 5) is 35.5. The van der Waals surface area contributed by atoms with Crippen LogP contribution < -0.4 is 0 Å². The molecule has 0 saturated heterocycles. The highest BCUT2D eigenvalue weighted by molar-refractivity contribution is 6.08. The van der Waals surface area contributed by atoms with Crippen molar-refractivity contribution in [2.24, 2.45) is 0 Å². The lowest BCUT2D eigenvalue weighted by molar-refractivity contribution is -0.394. The van der Waals surface area contributed by atoms with E-state index in [4.69, 9.17) is 6.57 Å². The molecule has 0 aromatic heterocycles. The lowest BCUT2D eigenvalue weighted by Crippen LogP contribution is -2.01. The predicted octanol–water partition coefficient (Wildman–Crippen LogP) is 4.21. The highest BCUT2D eigenvalue weighted by Gasteiger charge is 2.39. The van der Waals surface area contributed by atoms with Crippen LogP contribution in [-0.4, -0.2) is 14.8 Å². The van der Waals surface area contributed by atoms with Gasteiger partial charge in [-0.2, -0.15) is 0 Å². The van der Waals surface area contributed by atoms with E-state index in [1.807, 2.05) is 0 Å². The van der Waals surface area contributed by atoms with E-state index in [-0.39, 0.29) is 44.6 Å². The molecule has 3 rings (SSSR count). The van der Waals surface area contributed by atoms with Gasteiger partial charge in [0.25, 0.3) is 22.8 Å². The van der Waals surface area contributed by atoms with Gasteiger partial charge in [-0.1, -0.05) is 0 Å². The molecular weight excluding hydrogens is 382 g/mol. The van der Waals surface area contributed by atoms with Gasteiger partial charge in [-0.3, -0.25) is 30.3 Å². The third-order valence-corrected chi connectivity index (χ3v) is 4.70. The molecule has 0 fully saturated rings. The first-order valence-corrected chi connectivity index (χ1v) is 7.92. The summed E-state index contributed by atoms with van der Waals surface area (Å²) in [5.41, 5.74) is -1.70. The van der Waals surface area contributed by atoms with Gasteiger partial charge in [0.05, 0.1) is 33.0 Å². The Morgan fingerprint density at radius 2 is 1.55 bits per heavy atom. The molecule has 0 amide bonds. The Bertz CT molecular complexity index is 1260. The minimum Gasteiger partial charge on any atom is -0.258 e. The van der Waals surface area contributed by atoms with Gasteiger partial charge in [-0.25, -0.2) is 10.1 Å². The zero-order chi connectivity index (χ0) is 21.6. The Kier molecular flexibility index (Phi) is 4.29. The number of hydrogen-bond donors (Lipinski definition) is 0. The number of nitriles is 1. The van der Waals surface area contributed by atoms with Crippen molar-refractivity contribution < 1.29 is 14.8 Å². The molecule has 1 aliphatic carbocycles. The van der Waals surface area contributed by atoms with Crippen molar-refractivity contribution in [3.05, 3.63) is 87.9 Å². The molecule has 0 unspecified atom stereocenters. The van der Waals surface area contributed by atoms with E-state index in [1.54, 1.807) is 6.07 Å². The molecule has 0 heterocycles. The molecular formula is C18H9N5O6. The second-order valence-corrected chi connectivity index (χ2v) is 6.19. The third-order valence-electron chi connectivity index (χ3n) is 4.70. The standard InChI is InChI=1S/C18H9N5O6/c1-8-4-10-11(5-14(8)21(24)25)16(13(7-19)20-3)12-6-15(22(26)27)9(2)18(17(10)12)23(28)29/h4-6H,1-2H3. The molecule has 2 aromatic carbocycles. The van der Waals surface area contributed by atoms with Crippen LogP contribution in [0.2, 0.25) is 0 Å². The fourth-order valence-electron chi connectivity index (χ4n) is 3.49. The maximum atomic E-state index is 11.8. The molecule has 11 heteroatoms. The Morgan fingerprint density at radius 1 is 0.966 bits per heavy atom. The molecule has 11 nitrogen and oxygen atoms in total. The molecule has 0 spiro atoms. The number of aryl methyl sites for hydroxylation is 1. The predicted molar refractivity (Wildman–Crippen MR) is 99.6 cm³/mol. The first kappa shape index (κ1) is 19.1. The minimum absolute atomic E-state index is 0.00232. The second-order valence-electron chi connectivity index (χ2n) is 6.19. The zero-order valence-electron chi connectivity index (χ0n) is 14.9. The van der Waals surface area contributed by atoms with Gasteiger partial charge >= 0.3 is 0 Å². The highest BCUT2D eigenvalue weighted by Crippen LogP contribution is 2.53. The number of allylic oxidation sites excluding steroid dienone is 1. The number of nitrogens with zero attached hydrogens (tertiary/aromatic N) is 5. The molecule has 0 N–H and O–H groups in total. The van der Waals surface area contributed by atoms with Crippen LogP contribution in [0.4, 0.5) is 17.1 Å². The van der Waals surface area contributed by atoms with Crippen LogP contribution in [0.15, 0.2) is 23.9 Å². The van der Waals surface area contributed by atoms with E-state index in [0.29, 0.717) is 0 Å². The van der Waals surface area contributed by atoms with E-state index in [2.05, 4.69) is 4.85 Å². The first-order valence-electron chi connectivity index (χ1n) is 7.92. The molecule has 2 aromatic rings. The summed E-state index contributed by atoms with van der Waals surface area (Å²) < 4.78 is 0. The summed E-state index contributed by atoms with van der Waals surface area (Å²) in [5, 5.41) is 43.9. The van der Waals surface area contributed by atoms with Gasteiger partial charge in [0.1, 0.15) is 5.56 Å². The van der Waals surface area contributed by atoms with Crippen LogP contribution in [0.5, 0.6) is 0 Å². The van der Waals surface area contributed by atoms with E-state index in [1.165, 1.54) is 19.9 Å². The molecule has 0 radical (unpaired) electrons. The fraction of sp³-hybridized carbons (Fsp3) is 0.111. The summed E-state index contributed by atoms with van der Waals surface area (Å²) in [6, 6.07) is 5.22. The van der Waals surface area contributed by atoms with Crippen molar-refractivity contribution in [1.82, 2.24) is 0 Å². The SMILES string of the molecule is [C-]#[N+]C(C#N)=C1c2cc([N+](=O)[O-])c(C)cc2-c2c1cc([N+](=O)[O-])c(C)c2[N+](=O)[O-]. The zero-order valence-corrected chi connectivity index (χ0v) is 14.9. The van der Waals surface area contributed by atoms with Crippen LogP contribution >= 0.6 is 0 Å². The van der Waals surface area contributed by atoms with E-state index in [0.717, 1.165) is 12.1 Å². The van der Waals surface area contributed by atoms with Crippen LogP contribution in [0.1, 0.15) is 22.3 Å². The summed E-state index contributed by atoms with van der Waals surface area (Å²) in [6.45, 7) is 9.93. The lowest BCUT2D eigenvalue weighted by atomic mass is 9.97. The summed E-state index contributed by atoms with van der Waals surface area (Å²) in [6.07, 6.45) is 0. The van der Waals surface area contributed by atoms with Crippen molar-refractivity contribution >= 4 is 22.6 Å². The molecule has 0 atom stereocenters. The molecule has 29 heavy (non-hydrogen) atoms. The van der Waals surface area contributed by atoms with Gasteiger partial charge in [-0.15, -0.1) is 0 Å². The average molecular weight is 391 g/mol. The number of rotatable bonds is 3. The number of nitro benzene ring substituents is 3. The smallest absolute Gasteiger partial charge is 0.258 e. The maximum Gasteiger partial charge on any atom is 0.287 e. The van der Waals surface area contributed by atoms with Gasteiger partial charge < -0.3 is 0 Å². The van der Waals surface area contributed by atoms with Gasteiger partial charge in [-0.05, 0) is 36.6 Å². The topological polar surface area (TPSA) is 158 Å². The van der Waals surface area contributed by atoms with Crippen molar-refractivity contribution in [2.75, 3.05) is 0 Å². The van der Waals surface area contributed by atoms with E-state index in [9.17, 15) is 35.6 Å². The highest BCUT2D eigenvalue weighted by atomic mass is 16.6. The molecule has 1 aliphatic rings. The number of benzene rings is 2. The van der Waals surface area contributed by atoms with Gasteiger partial charge in [0.2, 0.25) is 0 Å². The Hall–Kier alpha value is -4.64. The van der Waals surface area contributed by atoms with Crippen molar-refractivity contribution in [2.45, 2.75) is 13.8 Å². The number of nitro groups is 3. The normalized spacial score (nSPS) is 13.0. The van der Waals surface area contributed by atoms with Gasteiger partial charge in [0.15, 0.2) is 0 Å². The number of fused-ring (bicyclic) bond motifs is 3. The number of hydrogen-bond acceptors (Lipinski definition) is 7. The third kappa shape index (κ3) is 2.65. The molecule has 0 aliphatic heterocycles. The Balaban J connectivity index is 2.63. The minimum atomic E-state index is -0.791. The molecule has 0 bridgehead atoms. The van der Waals surface area contributed by atoms with E-state index >= 15 is 0 Å². The summed E-state index contributed by atoms with van der Waals surface area (Å²) in [7, 11) is 0. The van der Waals surface area contributed by atoms with Crippen molar-refractivity contribution in [1.29, 1.82) is 5.26 Å². The Labute approximate surface area is 162 Å². The second kappa shape index (κ2) is 6.51. The lowest BCUT2D eigenvalue weighted by Gasteiger charge is -2.07. The fourth-order valence-corrected chi connectivity index (χ4v) is 3.49. The van der Waals surface area contributed by atoms with Crippen molar-refractivity contribution in [3.63, 3.8) is 0 Å². The van der Waals surface area contributed by atoms with Crippen LogP contribution in [-0.2, 0) is 0 Å².